The molecule has 0 bridgehead atoms. The summed E-state index contributed by atoms with van der Waals surface area (Å²) in [7, 11) is 0. The van der Waals surface area contributed by atoms with Gasteiger partial charge in [-0.05, 0) is 21.9 Å². The molecule has 1 aliphatic carbocycles. The van der Waals surface area contributed by atoms with Gasteiger partial charge in [0.1, 0.15) is 6.10 Å². The molecular formula is C12H9O2. The SMILES string of the molecule is O[C]1c2cccc3cccc(c23)C1O. The summed E-state index contributed by atoms with van der Waals surface area (Å²) in [5.74, 6) is 0. The molecule has 2 heteroatoms. The summed E-state index contributed by atoms with van der Waals surface area (Å²) < 4.78 is 0. The lowest BCUT2D eigenvalue weighted by atomic mass is 10.1. The fourth-order valence-electron chi connectivity index (χ4n) is 2.11. The van der Waals surface area contributed by atoms with Gasteiger partial charge in [-0.25, -0.2) is 0 Å². The molecule has 2 aromatic rings. The van der Waals surface area contributed by atoms with Crippen molar-refractivity contribution in [1.29, 1.82) is 0 Å². The number of benzene rings is 2. The standard InChI is InChI=1S/C12H9O2/c13-11-8-5-1-3-7-4-2-6-9(10(7)8)12(11)14/h1-6,11,13-14H. The molecule has 1 atom stereocenters. The van der Waals surface area contributed by atoms with Crippen molar-refractivity contribution in [1.82, 2.24) is 0 Å². The van der Waals surface area contributed by atoms with Gasteiger partial charge < -0.3 is 10.2 Å². The topological polar surface area (TPSA) is 40.5 Å². The van der Waals surface area contributed by atoms with Crippen LogP contribution in [0.15, 0.2) is 36.4 Å². The fraction of sp³-hybridized carbons (Fsp3) is 0.0833. The Kier molecular flexibility index (Phi) is 1.46. The monoisotopic (exact) mass is 185 g/mol. The van der Waals surface area contributed by atoms with Crippen LogP contribution >= 0.6 is 0 Å². The number of hydrogen-bond acceptors (Lipinski definition) is 2. The largest absolute Gasteiger partial charge is 0.385 e. The molecule has 0 heterocycles. The Morgan fingerprint density at radius 3 is 2.50 bits per heavy atom. The van der Waals surface area contributed by atoms with Gasteiger partial charge in [-0.2, -0.15) is 0 Å². The molecule has 69 valence electrons. The normalized spacial score (nSPS) is 20.6. The van der Waals surface area contributed by atoms with Crippen LogP contribution in [-0.4, -0.2) is 10.2 Å². The Morgan fingerprint density at radius 2 is 1.71 bits per heavy atom. The van der Waals surface area contributed by atoms with Gasteiger partial charge in [-0.15, -0.1) is 0 Å². The molecule has 0 amide bonds. The molecule has 2 aromatic carbocycles. The van der Waals surface area contributed by atoms with Crippen LogP contribution in [0.5, 0.6) is 0 Å². The number of aliphatic hydroxyl groups is 2. The summed E-state index contributed by atoms with van der Waals surface area (Å²) in [5, 5.41) is 21.5. The van der Waals surface area contributed by atoms with Crippen molar-refractivity contribution in [3.05, 3.63) is 53.6 Å². The van der Waals surface area contributed by atoms with Gasteiger partial charge in [-0.1, -0.05) is 36.4 Å². The van der Waals surface area contributed by atoms with Gasteiger partial charge in [0, 0.05) is 0 Å². The highest BCUT2D eigenvalue weighted by Crippen LogP contribution is 2.42. The molecule has 1 radical (unpaired) electrons. The lowest BCUT2D eigenvalue weighted by molar-refractivity contribution is 0.121. The average Bonchev–Trinajstić information content (AvgIpc) is 2.47. The second-order valence-electron chi connectivity index (χ2n) is 3.54. The van der Waals surface area contributed by atoms with E-state index in [2.05, 4.69) is 0 Å². The first-order valence-corrected chi connectivity index (χ1v) is 4.55. The Balaban J connectivity index is 2.49. The predicted molar refractivity (Wildman–Crippen MR) is 53.2 cm³/mol. The Hall–Kier alpha value is -1.38. The van der Waals surface area contributed by atoms with Crippen LogP contribution in [0.1, 0.15) is 17.2 Å². The van der Waals surface area contributed by atoms with E-state index in [4.69, 9.17) is 0 Å². The van der Waals surface area contributed by atoms with Crippen LogP contribution in [0.25, 0.3) is 10.8 Å². The third kappa shape index (κ3) is 0.820. The van der Waals surface area contributed by atoms with Crippen molar-refractivity contribution in [3.63, 3.8) is 0 Å². The average molecular weight is 185 g/mol. The summed E-state index contributed by atoms with van der Waals surface area (Å²) in [6.45, 7) is 0. The maximum Gasteiger partial charge on any atom is 0.156 e. The van der Waals surface area contributed by atoms with Crippen molar-refractivity contribution in [2.45, 2.75) is 6.10 Å². The summed E-state index contributed by atoms with van der Waals surface area (Å²) in [6.07, 6.45) is -0.784. The molecule has 0 saturated heterocycles. The zero-order valence-electron chi connectivity index (χ0n) is 7.44. The fourth-order valence-corrected chi connectivity index (χ4v) is 2.11. The summed E-state index contributed by atoms with van der Waals surface area (Å²) >= 11 is 0. The third-order valence-corrected chi connectivity index (χ3v) is 2.77. The van der Waals surface area contributed by atoms with E-state index in [0.29, 0.717) is 0 Å². The zero-order valence-corrected chi connectivity index (χ0v) is 7.44. The number of hydrogen-bond donors (Lipinski definition) is 2. The molecule has 0 fully saturated rings. The minimum atomic E-state index is -0.851. The second kappa shape index (κ2) is 2.56. The summed E-state index contributed by atoms with van der Waals surface area (Å²) in [6, 6.07) is 11.4. The molecule has 1 aliphatic rings. The third-order valence-electron chi connectivity index (χ3n) is 2.77. The first-order valence-electron chi connectivity index (χ1n) is 4.55. The molecule has 2 nitrogen and oxygen atoms in total. The maximum atomic E-state index is 9.75. The van der Waals surface area contributed by atoms with E-state index in [1.165, 1.54) is 0 Å². The van der Waals surface area contributed by atoms with Crippen LogP contribution < -0.4 is 0 Å². The smallest absolute Gasteiger partial charge is 0.156 e. The summed E-state index contributed by atoms with van der Waals surface area (Å²) in [5.41, 5.74) is 1.56. The van der Waals surface area contributed by atoms with Crippen molar-refractivity contribution < 1.29 is 10.2 Å². The van der Waals surface area contributed by atoms with Crippen LogP contribution in [0.4, 0.5) is 0 Å². The van der Waals surface area contributed by atoms with E-state index < -0.39 is 6.10 Å². The molecule has 1 unspecified atom stereocenters. The first-order chi connectivity index (χ1) is 6.79. The zero-order chi connectivity index (χ0) is 9.71. The van der Waals surface area contributed by atoms with E-state index in [0.717, 1.165) is 21.9 Å². The highest BCUT2D eigenvalue weighted by Gasteiger charge is 2.31. The molecular weight excluding hydrogens is 176 g/mol. The van der Waals surface area contributed by atoms with Crippen molar-refractivity contribution in [3.8, 4) is 0 Å². The van der Waals surface area contributed by atoms with Gasteiger partial charge in [0.25, 0.3) is 0 Å². The highest BCUT2D eigenvalue weighted by molar-refractivity contribution is 5.93. The second-order valence-corrected chi connectivity index (χ2v) is 3.54. The van der Waals surface area contributed by atoms with Gasteiger partial charge in [0.05, 0.1) is 0 Å². The highest BCUT2D eigenvalue weighted by atomic mass is 16.3. The number of rotatable bonds is 0. The van der Waals surface area contributed by atoms with Crippen LogP contribution in [0.2, 0.25) is 0 Å². The van der Waals surface area contributed by atoms with E-state index >= 15 is 0 Å². The first kappa shape index (κ1) is 7.97. The molecule has 3 rings (SSSR count). The van der Waals surface area contributed by atoms with Gasteiger partial charge in [0.15, 0.2) is 6.10 Å². The molecule has 0 aliphatic heterocycles. The number of aliphatic hydroxyl groups excluding tert-OH is 2. The van der Waals surface area contributed by atoms with E-state index in [1.807, 2.05) is 36.4 Å². The van der Waals surface area contributed by atoms with Crippen LogP contribution in [0, 0.1) is 6.10 Å². The quantitative estimate of drug-likeness (QED) is 0.660. The van der Waals surface area contributed by atoms with Gasteiger partial charge >= 0.3 is 0 Å². The van der Waals surface area contributed by atoms with Gasteiger partial charge in [0.2, 0.25) is 0 Å². The summed E-state index contributed by atoms with van der Waals surface area (Å²) in [4.78, 5) is 0. The van der Waals surface area contributed by atoms with E-state index in [1.54, 1.807) is 0 Å². The maximum absolute atomic E-state index is 9.75. The van der Waals surface area contributed by atoms with Crippen LogP contribution in [0.3, 0.4) is 0 Å². The molecule has 0 spiro atoms. The molecule has 0 aromatic heterocycles. The molecule has 0 saturated carbocycles. The Morgan fingerprint density at radius 1 is 1.00 bits per heavy atom. The van der Waals surface area contributed by atoms with E-state index in [9.17, 15) is 10.2 Å². The predicted octanol–water partition coefficient (Wildman–Crippen LogP) is 2.14. The van der Waals surface area contributed by atoms with Crippen molar-refractivity contribution in [2.24, 2.45) is 0 Å². The molecule has 2 N–H and O–H groups in total. The minimum Gasteiger partial charge on any atom is -0.385 e. The van der Waals surface area contributed by atoms with Crippen LogP contribution in [-0.2, 0) is 0 Å². The van der Waals surface area contributed by atoms with Crippen molar-refractivity contribution in [2.75, 3.05) is 0 Å². The minimum absolute atomic E-state index is 0.0665. The lowest BCUT2D eigenvalue weighted by Gasteiger charge is -2.06. The van der Waals surface area contributed by atoms with Crippen molar-refractivity contribution >= 4 is 10.8 Å². The van der Waals surface area contributed by atoms with E-state index in [-0.39, 0.29) is 6.10 Å². The Labute approximate surface area is 81.4 Å². The van der Waals surface area contributed by atoms with Gasteiger partial charge in [-0.3, -0.25) is 0 Å². The molecule has 14 heavy (non-hydrogen) atoms. The lowest BCUT2D eigenvalue weighted by Crippen LogP contribution is -2.03. The Bertz CT molecular complexity index is 462.